The molecule has 0 unspecified atom stereocenters. The molecule has 1 N–H and O–H groups in total. The molecule has 0 amide bonds. The zero-order valence-corrected chi connectivity index (χ0v) is 15.1. The van der Waals surface area contributed by atoms with Crippen LogP contribution in [0.5, 0.6) is 11.5 Å². The van der Waals surface area contributed by atoms with Crippen molar-refractivity contribution in [3.05, 3.63) is 72.4 Å². The van der Waals surface area contributed by atoms with Crippen LogP contribution >= 0.6 is 0 Å². The Labute approximate surface area is 157 Å². The number of nitrogens with one attached hydrogen (secondary N) is 1. The van der Waals surface area contributed by atoms with Gasteiger partial charge in [0.2, 0.25) is 0 Å². The minimum Gasteiger partial charge on any atom is -0.497 e. The molecule has 0 saturated carbocycles. The highest BCUT2D eigenvalue weighted by Gasteiger charge is 2.03. The number of nitrogens with zero attached hydrogens (tertiary/aromatic N) is 2. The van der Waals surface area contributed by atoms with E-state index < -0.39 is 0 Å². The number of ether oxygens (including phenoxy) is 2. The highest BCUT2D eigenvalue weighted by atomic mass is 16.5. The van der Waals surface area contributed by atoms with Gasteiger partial charge in [0.05, 0.1) is 31.6 Å². The summed E-state index contributed by atoms with van der Waals surface area (Å²) in [7, 11) is 3.32. The molecule has 0 bridgehead atoms. The van der Waals surface area contributed by atoms with E-state index in [-0.39, 0.29) is 0 Å². The van der Waals surface area contributed by atoms with Gasteiger partial charge in [0, 0.05) is 17.6 Å². The standard InChI is InChI=1S/C22H19N3O2/c1-26-18-6-5-16-11-15(3-4-17(16)12-18)14-24-25-21-9-10-23-22-13-19(27-2)7-8-20(21)22/h3-14H,1-2H3,(H,23,25)/b24-14+. The topological polar surface area (TPSA) is 55.7 Å². The predicted molar refractivity (Wildman–Crippen MR) is 110 cm³/mol. The molecular weight excluding hydrogens is 338 g/mol. The molecule has 0 atom stereocenters. The summed E-state index contributed by atoms with van der Waals surface area (Å²) >= 11 is 0. The Balaban J connectivity index is 1.57. The Morgan fingerprint density at radius 1 is 0.852 bits per heavy atom. The molecule has 27 heavy (non-hydrogen) atoms. The van der Waals surface area contributed by atoms with Crippen molar-refractivity contribution in [3.63, 3.8) is 0 Å². The molecule has 0 aliphatic heterocycles. The number of rotatable bonds is 5. The number of fused-ring (bicyclic) bond motifs is 2. The van der Waals surface area contributed by atoms with E-state index >= 15 is 0 Å². The van der Waals surface area contributed by atoms with Crippen molar-refractivity contribution in [3.8, 4) is 11.5 Å². The van der Waals surface area contributed by atoms with E-state index in [1.54, 1.807) is 26.6 Å². The molecule has 5 nitrogen and oxygen atoms in total. The van der Waals surface area contributed by atoms with E-state index in [2.05, 4.69) is 27.6 Å². The Kier molecular flexibility index (Phi) is 4.58. The molecule has 3 aromatic carbocycles. The number of hydrogen-bond donors (Lipinski definition) is 1. The van der Waals surface area contributed by atoms with E-state index in [1.165, 1.54) is 0 Å². The van der Waals surface area contributed by atoms with Crippen LogP contribution in [0, 0.1) is 0 Å². The van der Waals surface area contributed by atoms with Crippen molar-refractivity contribution in [2.75, 3.05) is 19.6 Å². The van der Waals surface area contributed by atoms with Gasteiger partial charge < -0.3 is 9.47 Å². The molecule has 5 heteroatoms. The van der Waals surface area contributed by atoms with Gasteiger partial charge in [-0.2, -0.15) is 5.10 Å². The fraction of sp³-hybridized carbons (Fsp3) is 0.0909. The first-order valence-electron chi connectivity index (χ1n) is 8.56. The summed E-state index contributed by atoms with van der Waals surface area (Å²) in [6.45, 7) is 0. The summed E-state index contributed by atoms with van der Waals surface area (Å²) in [4.78, 5) is 4.38. The second-order valence-electron chi connectivity index (χ2n) is 6.08. The molecule has 0 fully saturated rings. The first kappa shape index (κ1) is 16.8. The first-order valence-corrected chi connectivity index (χ1v) is 8.56. The van der Waals surface area contributed by atoms with Crippen LogP contribution in [0.3, 0.4) is 0 Å². The van der Waals surface area contributed by atoms with Gasteiger partial charge in [0.15, 0.2) is 0 Å². The summed E-state index contributed by atoms with van der Waals surface area (Å²) in [5, 5.41) is 7.65. The molecule has 1 aromatic heterocycles. The van der Waals surface area contributed by atoms with Crippen LogP contribution in [-0.4, -0.2) is 25.4 Å². The van der Waals surface area contributed by atoms with Crippen LogP contribution < -0.4 is 14.9 Å². The summed E-state index contributed by atoms with van der Waals surface area (Å²) in [5.41, 5.74) is 5.87. The van der Waals surface area contributed by atoms with Gasteiger partial charge >= 0.3 is 0 Å². The number of hydrazone groups is 1. The highest BCUT2D eigenvalue weighted by Crippen LogP contribution is 2.25. The van der Waals surface area contributed by atoms with Crippen LogP contribution in [0.4, 0.5) is 5.69 Å². The van der Waals surface area contributed by atoms with E-state index in [9.17, 15) is 0 Å². The summed E-state index contributed by atoms with van der Waals surface area (Å²) in [5.74, 6) is 1.63. The lowest BCUT2D eigenvalue weighted by molar-refractivity contribution is 0.415. The van der Waals surface area contributed by atoms with Gasteiger partial charge in [-0.1, -0.05) is 18.2 Å². The third-order valence-corrected chi connectivity index (χ3v) is 4.42. The monoisotopic (exact) mass is 357 g/mol. The quantitative estimate of drug-likeness (QED) is 0.410. The number of aromatic nitrogens is 1. The molecule has 4 rings (SSSR count). The molecular formula is C22H19N3O2. The van der Waals surface area contributed by atoms with E-state index in [0.717, 1.165) is 44.4 Å². The maximum absolute atomic E-state index is 5.27. The number of methoxy groups -OCH3 is 2. The number of pyridine rings is 1. The normalized spacial score (nSPS) is 11.2. The third-order valence-electron chi connectivity index (χ3n) is 4.42. The molecule has 0 spiro atoms. The predicted octanol–water partition coefficient (Wildman–Crippen LogP) is 4.85. The lowest BCUT2D eigenvalue weighted by Crippen LogP contribution is -1.93. The minimum atomic E-state index is 0.781. The molecule has 0 aliphatic carbocycles. The van der Waals surface area contributed by atoms with Gasteiger partial charge in [0.1, 0.15) is 11.5 Å². The van der Waals surface area contributed by atoms with E-state index in [1.807, 2.05) is 48.5 Å². The molecule has 0 radical (unpaired) electrons. The zero-order chi connectivity index (χ0) is 18.6. The number of anilines is 1. The van der Waals surface area contributed by atoms with Gasteiger partial charge in [0.25, 0.3) is 0 Å². The van der Waals surface area contributed by atoms with Gasteiger partial charge in [-0.3, -0.25) is 10.4 Å². The molecule has 134 valence electrons. The van der Waals surface area contributed by atoms with Crippen molar-refractivity contribution in [2.24, 2.45) is 5.10 Å². The summed E-state index contributed by atoms with van der Waals surface area (Å²) in [6.07, 6.45) is 3.56. The summed E-state index contributed by atoms with van der Waals surface area (Å²) in [6, 6.07) is 19.9. The molecule has 0 saturated heterocycles. The SMILES string of the molecule is COc1ccc2cc(/C=N/Nc3ccnc4cc(OC)ccc34)ccc2c1. The second kappa shape index (κ2) is 7.33. The van der Waals surface area contributed by atoms with Crippen LogP contribution in [0.1, 0.15) is 5.56 Å². The second-order valence-corrected chi connectivity index (χ2v) is 6.08. The lowest BCUT2D eigenvalue weighted by Gasteiger charge is -2.07. The first-order chi connectivity index (χ1) is 13.3. The Morgan fingerprint density at radius 2 is 1.59 bits per heavy atom. The van der Waals surface area contributed by atoms with Crippen LogP contribution in [0.2, 0.25) is 0 Å². The highest BCUT2D eigenvalue weighted by molar-refractivity contribution is 5.93. The van der Waals surface area contributed by atoms with Gasteiger partial charge in [-0.25, -0.2) is 0 Å². The third kappa shape index (κ3) is 3.53. The molecule has 1 heterocycles. The maximum Gasteiger partial charge on any atom is 0.121 e. The average Bonchev–Trinajstić information content (AvgIpc) is 2.73. The van der Waals surface area contributed by atoms with Gasteiger partial charge in [-0.15, -0.1) is 0 Å². The molecule has 4 aromatic rings. The summed E-state index contributed by atoms with van der Waals surface area (Å²) < 4.78 is 10.5. The van der Waals surface area contributed by atoms with E-state index in [0.29, 0.717) is 0 Å². The van der Waals surface area contributed by atoms with Crippen molar-refractivity contribution >= 4 is 33.6 Å². The van der Waals surface area contributed by atoms with Crippen LogP contribution in [0.25, 0.3) is 21.7 Å². The minimum absolute atomic E-state index is 0.781. The van der Waals surface area contributed by atoms with Crippen LogP contribution in [-0.2, 0) is 0 Å². The zero-order valence-electron chi connectivity index (χ0n) is 15.1. The largest absolute Gasteiger partial charge is 0.497 e. The average molecular weight is 357 g/mol. The smallest absolute Gasteiger partial charge is 0.121 e. The molecule has 0 aliphatic rings. The van der Waals surface area contributed by atoms with Crippen molar-refractivity contribution < 1.29 is 9.47 Å². The Bertz CT molecular complexity index is 1140. The van der Waals surface area contributed by atoms with Crippen LogP contribution in [0.15, 0.2) is 72.0 Å². The number of benzene rings is 3. The van der Waals surface area contributed by atoms with Crippen molar-refractivity contribution in [2.45, 2.75) is 0 Å². The Hall–Kier alpha value is -3.60. The fourth-order valence-electron chi connectivity index (χ4n) is 2.98. The number of hydrogen-bond acceptors (Lipinski definition) is 5. The lowest BCUT2D eigenvalue weighted by atomic mass is 10.1. The van der Waals surface area contributed by atoms with Crippen molar-refractivity contribution in [1.29, 1.82) is 0 Å². The van der Waals surface area contributed by atoms with Crippen molar-refractivity contribution in [1.82, 2.24) is 4.98 Å². The Morgan fingerprint density at radius 3 is 2.44 bits per heavy atom. The van der Waals surface area contributed by atoms with E-state index in [4.69, 9.17) is 9.47 Å². The fourth-order valence-corrected chi connectivity index (χ4v) is 2.98. The van der Waals surface area contributed by atoms with Gasteiger partial charge in [-0.05, 0) is 52.7 Å². The maximum atomic E-state index is 5.27.